The minimum absolute atomic E-state index is 0.593. The molecule has 0 aliphatic carbocycles. The van der Waals surface area contributed by atoms with E-state index in [4.69, 9.17) is 5.84 Å². The molecule has 2 N–H and O–H groups in total. The minimum atomic E-state index is 0.593. The Hall–Kier alpha value is -2.45. The van der Waals surface area contributed by atoms with Crippen LogP contribution in [0.15, 0.2) is 52.2 Å². The first-order valence-corrected chi connectivity index (χ1v) is 8.55. The summed E-state index contributed by atoms with van der Waals surface area (Å²) < 4.78 is 1.50. The monoisotopic (exact) mass is 340 g/mol. The quantitative estimate of drug-likeness (QED) is 0.456. The van der Waals surface area contributed by atoms with Crippen LogP contribution < -0.4 is 5.84 Å². The lowest BCUT2D eigenvalue weighted by atomic mass is 10.2. The molecule has 0 amide bonds. The second-order valence-corrected chi connectivity index (χ2v) is 6.86. The summed E-state index contributed by atoms with van der Waals surface area (Å²) in [6, 6.07) is 10.0. The molecule has 0 saturated carbocycles. The molecule has 8 heteroatoms. The number of nitrogen functional groups attached to an aromatic ring is 1. The zero-order valence-corrected chi connectivity index (χ0v) is 13.8. The van der Waals surface area contributed by atoms with Crippen molar-refractivity contribution in [1.29, 1.82) is 0 Å². The number of rotatable bonds is 3. The Bertz CT molecular complexity index is 977. The van der Waals surface area contributed by atoms with Gasteiger partial charge >= 0.3 is 0 Å². The lowest BCUT2D eigenvalue weighted by Gasteiger charge is -2.05. The van der Waals surface area contributed by atoms with E-state index in [9.17, 15) is 0 Å². The van der Waals surface area contributed by atoms with Gasteiger partial charge in [0.1, 0.15) is 11.4 Å². The van der Waals surface area contributed by atoms with Gasteiger partial charge in [0, 0.05) is 5.39 Å². The highest BCUT2D eigenvalue weighted by molar-refractivity contribution is 7.99. The molecule has 0 radical (unpaired) electrons. The van der Waals surface area contributed by atoms with Crippen molar-refractivity contribution in [2.24, 2.45) is 0 Å². The first kappa shape index (κ1) is 14.2. The predicted molar refractivity (Wildman–Crippen MR) is 91.9 cm³/mol. The molecule has 0 atom stereocenters. The highest BCUT2D eigenvalue weighted by atomic mass is 32.2. The van der Waals surface area contributed by atoms with Crippen molar-refractivity contribution in [3.05, 3.63) is 47.6 Å². The lowest BCUT2D eigenvalue weighted by molar-refractivity contribution is 0.848. The Labute approximate surface area is 140 Å². The summed E-state index contributed by atoms with van der Waals surface area (Å²) in [4.78, 5) is 9.65. The van der Waals surface area contributed by atoms with Gasteiger partial charge in [-0.25, -0.2) is 14.6 Å². The standard InChI is InChI=1S/C15H12N6S2/c1-9-4-5-11-10(7-9)14(18-8-17-11)23-15-20-19-13(21(15)16)12-3-2-6-22-12/h2-8H,16H2,1H3. The number of nitrogens with zero attached hydrogens (tertiary/aromatic N) is 5. The van der Waals surface area contributed by atoms with Gasteiger partial charge in [0.25, 0.3) is 0 Å². The zero-order valence-electron chi connectivity index (χ0n) is 12.2. The maximum absolute atomic E-state index is 6.15. The normalized spacial score (nSPS) is 11.2. The number of nitrogens with two attached hydrogens (primary N) is 1. The fraction of sp³-hybridized carbons (Fsp3) is 0.0667. The Morgan fingerprint density at radius 2 is 2.09 bits per heavy atom. The van der Waals surface area contributed by atoms with Crippen molar-refractivity contribution < 1.29 is 0 Å². The molecular formula is C15H12N6S2. The number of benzene rings is 1. The Morgan fingerprint density at radius 1 is 1.17 bits per heavy atom. The fourth-order valence-electron chi connectivity index (χ4n) is 2.24. The van der Waals surface area contributed by atoms with Crippen LogP contribution in [0.25, 0.3) is 21.6 Å². The van der Waals surface area contributed by atoms with E-state index in [1.807, 2.05) is 36.6 Å². The summed E-state index contributed by atoms with van der Waals surface area (Å²) in [5.74, 6) is 6.80. The summed E-state index contributed by atoms with van der Waals surface area (Å²) >= 11 is 2.96. The fourth-order valence-corrected chi connectivity index (χ4v) is 3.75. The second kappa shape index (κ2) is 5.64. The minimum Gasteiger partial charge on any atom is -0.335 e. The van der Waals surface area contributed by atoms with E-state index >= 15 is 0 Å². The van der Waals surface area contributed by atoms with E-state index in [1.165, 1.54) is 16.4 Å². The smallest absolute Gasteiger partial charge is 0.216 e. The number of thiophene rings is 1. The van der Waals surface area contributed by atoms with E-state index in [2.05, 4.69) is 26.2 Å². The summed E-state index contributed by atoms with van der Waals surface area (Å²) in [5, 5.41) is 12.8. The van der Waals surface area contributed by atoms with Gasteiger partial charge in [-0.1, -0.05) is 17.7 Å². The van der Waals surface area contributed by atoms with Crippen LogP contribution in [0.5, 0.6) is 0 Å². The van der Waals surface area contributed by atoms with Crippen LogP contribution in [-0.4, -0.2) is 24.8 Å². The van der Waals surface area contributed by atoms with Crippen LogP contribution in [0.2, 0.25) is 0 Å². The van der Waals surface area contributed by atoms with Crippen LogP contribution in [0.1, 0.15) is 5.56 Å². The maximum Gasteiger partial charge on any atom is 0.216 e. The molecule has 4 aromatic rings. The van der Waals surface area contributed by atoms with Gasteiger partial charge in [-0.05, 0) is 42.3 Å². The highest BCUT2D eigenvalue weighted by Crippen LogP contribution is 2.32. The van der Waals surface area contributed by atoms with Gasteiger partial charge in [0.2, 0.25) is 5.16 Å². The van der Waals surface area contributed by atoms with Crippen LogP contribution >= 0.6 is 23.1 Å². The molecule has 0 aliphatic rings. The molecule has 0 bridgehead atoms. The SMILES string of the molecule is Cc1ccc2ncnc(Sc3nnc(-c4cccs4)n3N)c2c1. The van der Waals surface area contributed by atoms with Gasteiger partial charge in [-0.3, -0.25) is 0 Å². The zero-order chi connectivity index (χ0) is 15.8. The van der Waals surface area contributed by atoms with Crippen molar-refractivity contribution >= 4 is 34.0 Å². The number of hydrogen-bond donors (Lipinski definition) is 1. The Balaban J connectivity index is 1.76. The highest BCUT2D eigenvalue weighted by Gasteiger charge is 2.15. The van der Waals surface area contributed by atoms with Crippen molar-refractivity contribution in [1.82, 2.24) is 24.8 Å². The van der Waals surface area contributed by atoms with E-state index in [0.717, 1.165) is 26.4 Å². The third-order valence-electron chi connectivity index (χ3n) is 3.35. The van der Waals surface area contributed by atoms with Gasteiger partial charge in [0.05, 0.1) is 10.4 Å². The third-order valence-corrected chi connectivity index (χ3v) is 5.19. The average Bonchev–Trinajstić information content (AvgIpc) is 3.19. The van der Waals surface area contributed by atoms with Crippen molar-refractivity contribution in [2.75, 3.05) is 5.84 Å². The molecule has 0 unspecified atom stereocenters. The van der Waals surface area contributed by atoms with Crippen LogP contribution in [0.3, 0.4) is 0 Å². The number of fused-ring (bicyclic) bond motifs is 1. The number of hydrogen-bond acceptors (Lipinski definition) is 7. The number of aromatic nitrogens is 5. The Kier molecular flexibility index (Phi) is 3.47. The molecule has 4 rings (SSSR count). The molecule has 3 heterocycles. The topological polar surface area (TPSA) is 82.5 Å². The van der Waals surface area contributed by atoms with Crippen LogP contribution in [0, 0.1) is 6.92 Å². The lowest BCUT2D eigenvalue weighted by Crippen LogP contribution is -2.11. The van der Waals surface area contributed by atoms with Crippen molar-refractivity contribution in [3.8, 4) is 10.7 Å². The molecule has 0 fully saturated rings. The molecule has 114 valence electrons. The summed E-state index contributed by atoms with van der Waals surface area (Å²) in [5.41, 5.74) is 2.05. The molecule has 0 spiro atoms. The summed E-state index contributed by atoms with van der Waals surface area (Å²) in [6.07, 6.45) is 1.55. The van der Waals surface area contributed by atoms with Gasteiger partial charge < -0.3 is 5.84 Å². The van der Waals surface area contributed by atoms with E-state index in [0.29, 0.717) is 11.0 Å². The van der Waals surface area contributed by atoms with Gasteiger partial charge in [0.15, 0.2) is 5.82 Å². The van der Waals surface area contributed by atoms with Gasteiger partial charge in [-0.2, -0.15) is 0 Å². The summed E-state index contributed by atoms with van der Waals surface area (Å²) in [6.45, 7) is 2.04. The molecule has 3 aromatic heterocycles. The van der Waals surface area contributed by atoms with Gasteiger partial charge in [-0.15, -0.1) is 21.5 Å². The average molecular weight is 340 g/mol. The first-order chi connectivity index (χ1) is 11.2. The summed E-state index contributed by atoms with van der Waals surface area (Å²) in [7, 11) is 0. The molecule has 6 nitrogen and oxygen atoms in total. The third kappa shape index (κ3) is 2.55. The second-order valence-electron chi connectivity index (χ2n) is 4.95. The molecule has 0 aliphatic heterocycles. The van der Waals surface area contributed by atoms with Crippen LogP contribution in [0.4, 0.5) is 0 Å². The first-order valence-electron chi connectivity index (χ1n) is 6.86. The molecule has 23 heavy (non-hydrogen) atoms. The van der Waals surface area contributed by atoms with Crippen molar-refractivity contribution in [2.45, 2.75) is 17.1 Å². The van der Waals surface area contributed by atoms with E-state index in [-0.39, 0.29) is 0 Å². The predicted octanol–water partition coefficient (Wildman–Crippen LogP) is 3.12. The molecular weight excluding hydrogens is 328 g/mol. The largest absolute Gasteiger partial charge is 0.335 e. The van der Waals surface area contributed by atoms with E-state index in [1.54, 1.807) is 17.7 Å². The molecule has 0 saturated heterocycles. The Morgan fingerprint density at radius 3 is 2.91 bits per heavy atom. The maximum atomic E-state index is 6.15. The van der Waals surface area contributed by atoms with Crippen molar-refractivity contribution in [3.63, 3.8) is 0 Å². The van der Waals surface area contributed by atoms with E-state index < -0.39 is 0 Å². The molecule has 1 aromatic carbocycles. The van der Waals surface area contributed by atoms with Crippen LogP contribution in [-0.2, 0) is 0 Å². The number of aryl methyl sites for hydroxylation is 1.